The Morgan fingerprint density at radius 1 is 1.13 bits per heavy atom. The Labute approximate surface area is 140 Å². The summed E-state index contributed by atoms with van der Waals surface area (Å²) in [5, 5.41) is 3.34. The second-order valence-corrected chi connectivity index (χ2v) is 8.15. The summed E-state index contributed by atoms with van der Waals surface area (Å²) < 4.78 is 13.0. The second-order valence-electron chi connectivity index (χ2n) is 7.09. The fourth-order valence-electron chi connectivity index (χ4n) is 3.99. The molecule has 0 saturated carbocycles. The van der Waals surface area contributed by atoms with Gasteiger partial charge in [-0.05, 0) is 37.6 Å². The van der Waals surface area contributed by atoms with Crippen molar-refractivity contribution in [1.29, 1.82) is 0 Å². The highest BCUT2D eigenvalue weighted by molar-refractivity contribution is 7.09. The summed E-state index contributed by atoms with van der Waals surface area (Å²) in [7, 11) is 0. The lowest BCUT2D eigenvalue weighted by Crippen LogP contribution is -2.56. The molecule has 1 spiro atoms. The van der Waals surface area contributed by atoms with E-state index in [2.05, 4.69) is 27.1 Å². The van der Waals surface area contributed by atoms with E-state index in [1.807, 2.05) is 12.1 Å². The van der Waals surface area contributed by atoms with Gasteiger partial charge in [0.1, 0.15) is 5.82 Å². The normalized spacial score (nSPS) is 21.0. The van der Waals surface area contributed by atoms with Crippen LogP contribution < -0.4 is 0 Å². The van der Waals surface area contributed by atoms with Crippen molar-refractivity contribution in [1.82, 2.24) is 14.8 Å². The van der Waals surface area contributed by atoms with E-state index >= 15 is 0 Å². The Hall–Kier alpha value is -1.30. The van der Waals surface area contributed by atoms with Crippen molar-refractivity contribution in [3.05, 3.63) is 51.7 Å². The minimum atomic E-state index is -0.155. The molecular weight excluding hydrogens is 309 g/mol. The molecule has 3 nitrogen and oxygen atoms in total. The van der Waals surface area contributed by atoms with Gasteiger partial charge in [0.2, 0.25) is 0 Å². The monoisotopic (exact) mass is 331 g/mol. The fraction of sp³-hybridized carbons (Fsp3) is 0.500. The van der Waals surface area contributed by atoms with Gasteiger partial charge in [-0.3, -0.25) is 9.80 Å². The van der Waals surface area contributed by atoms with Crippen LogP contribution in [0.4, 0.5) is 4.39 Å². The Bertz CT molecular complexity index is 676. The predicted molar refractivity (Wildman–Crippen MR) is 90.9 cm³/mol. The van der Waals surface area contributed by atoms with Crippen LogP contribution in [0.5, 0.6) is 0 Å². The predicted octanol–water partition coefficient (Wildman–Crippen LogP) is 3.30. The smallest absolute Gasteiger partial charge is 0.123 e. The molecule has 0 amide bonds. The van der Waals surface area contributed by atoms with Crippen molar-refractivity contribution in [2.24, 2.45) is 5.41 Å². The highest BCUT2D eigenvalue weighted by Gasteiger charge is 2.47. The number of benzene rings is 1. The number of thiazole rings is 1. The molecule has 3 heterocycles. The van der Waals surface area contributed by atoms with Gasteiger partial charge in [0, 0.05) is 43.5 Å². The quantitative estimate of drug-likeness (QED) is 0.857. The Morgan fingerprint density at radius 3 is 2.57 bits per heavy atom. The molecule has 2 fully saturated rings. The molecule has 0 N–H and O–H groups in total. The first-order valence-corrected chi connectivity index (χ1v) is 9.08. The Morgan fingerprint density at radius 2 is 1.87 bits per heavy atom. The van der Waals surface area contributed by atoms with Gasteiger partial charge in [0.25, 0.3) is 0 Å². The van der Waals surface area contributed by atoms with Gasteiger partial charge in [-0.1, -0.05) is 12.1 Å². The average Bonchev–Trinajstić information content (AvgIpc) is 3.08. The van der Waals surface area contributed by atoms with Crippen LogP contribution in [0.2, 0.25) is 0 Å². The van der Waals surface area contributed by atoms with E-state index in [1.54, 1.807) is 23.5 Å². The Kier molecular flexibility index (Phi) is 3.95. The molecule has 4 rings (SSSR count). The van der Waals surface area contributed by atoms with Crippen molar-refractivity contribution in [3.63, 3.8) is 0 Å². The third-order valence-electron chi connectivity index (χ3n) is 5.01. The summed E-state index contributed by atoms with van der Waals surface area (Å²) in [6.45, 7) is 8.69. The minimum absolute atomic E-state index is 0.155. The van der Waals surface area contributed by atoms with Gasteiger partial charge in [0.15, 0.2) is 0 Å². The zero-order valence-corrected chi connectivity index (χ0v) is 14.3. The number of hydrogen-bond donors (Lipinski definition) is 0. The summed E-state index contributed by atoms with van der Waals surface area (Å²) in [5.41, 5.74) is 2.89. The SMILES string of the molecule is Cc1nc(CN2CCC3(C2)CN(Cc2ccc(F)cc2)C3)cs1. The molecule has 1 aromatic carbocycles. The molecule has 5 heteroatoms. The third kappa shape index (κ3) is 3.32. The van der Waals surface area contributed by atoms with Gasteiger partial charge < -0.3 is 0 Å². The molecule has 0 unspecified atom stereocenters. The number of nitrogens with zero attached hydrogens (tertiary/aromatic N) is 3. The zero-order chi connectivity index (χ0) is 15.9. The van der Waals surface area contributed by atoms with Crippen LogP contribution in [0.1, 0.15) is 22.7 Å². The van der Waals surface area contributed by atoms with Gasteiger partial charge in [-0.15, -0.1) is 11.3 Å². The first-order valence-electron chi connectivity index (χ1n) is 8.20. The maximum absolute atomic E-state index is 13.0. The summed E-state index contributed by atoms with van der Waals surface area (Å²) in [5.74, 6) is -0.155. The number of halogens is 1. The standard InChI is InChI=1S/C18H22FN3S/c1-14-20-17(10-23-14)9-21-7-6-18(11-21)12-22(13-18)8-15-2-4-16(19)5-3-15/h2-5,10H,6-9,11-13H2,1H3. The summed E-state index contributed by atoms with van der Waals surface area (Å²) in [6, 6.07) is 6.90. The average molecular weight is 331 g/mol. The number of rotatable bonds is 4. The van der Waals surface area contributed by atoms with E-state index in [0.29, 0.717) is 5.41 Å². The third-order valence-corrected chi connectivity index (χ3v) is 5.83. The van der Waals surface area contributed by atoms with Crippen molar-refractivity contribution in [2.45, 2.75) is 26.4 Å². The number of likely N-dealkylation sites (tertiary alicyclic amines) is 2. The molecule has 2 aliphatic heterocycles. The molecule has 2 aliphatic rings. The van der Waals surface area contributed by atoms with Crippen molar-refractivity contribution < 1.29 is 4.39 Å². The Balaban J connectivity index is 1.28. The molecule has 0 bridgehead atoms. The molecule has 122 valence electrons. The van der Waals surface area contributed by atoms with Gasteiger partial charge in [0.05, 0.1) is 10.7 Å². The molecule has 23 heavy (non-hydrogen) atoms. The lowest BCUT2D eigenvalue weighted by molar-refractivity contribution is 0.00153. The van der Waals surface area contributed by atoms with Crippen molar-refractivity contribution in [3.8, 4) is 0 Å². The van der Waals surface area contributed by atoms with Crippen LogP contribution in [-0.4, -0.2) is 41.0 Å². The van der Waals surface area contributed by atoms with Crippen LogP contribution in [0.3, 0.4) is 0 Å². The van der Waals surface area contributed by atoms with E-state index < -0.39 is 0 Å². The molecule has 2 aromatic rings. The van der Waals surface area contributed by atoms with Gasteiger partial charge in [-0.2, -0.15) is 0 Å². The lowest BCUT2D eigenvalue weighted by atomic mass is 9.79. The maximum Gasteiger partial charge on any atom is 0.123 e. The van der Waals surface area contributed by atoms with Gasteiger partial charge >= 0.3 is 0 Å². The minimum Gasteiger partial charge on any atom is -0.298 e. The summed E-state index contributed by atoms with van der Waals surface area (Å²) in [6.07, 6.45) is 1.29. The van der Waals surface area contributed by atoms with Crippen LogP contribution in [0.15, 0.2) is 29.6 Å². The largest absolute Gasteiger partial charge is 0.298 e. The van der Waals surface area contributed by atoms with E-state index in [4.69, 9.17) is 0 Å². The van der Waals surface area contributed by atoms with Crippen LogP contribution in [0, 0.1) is 18.2 Å². The fourth-order valence-corrected chi connectivity index (χ4v) is 4.60. The topological polar surface area (TPSA) is 19.4 Å². The summed E-state index contributed by atoms with van der Waals surface area (Å²) >= 11 is 1.74. The highest BCUT2D eigenvalue weighted by atomic mass is 32.1. The van der Waals surface area contributed by atoms with Crippen LogP contribution in [0.25, 0.3) is 0 Å². The number of aryl methyl sites for hydroxylation is 1. The highest BCUT2D eigenvalue weighted by Crippen LogP contribution is 2.40. The lowest BCUT2D eigenvalue weighted by Gasteiger charge is -2.48. The molecule has 0 aliphatic carbocycles. The molecule has 1 aromatic heterocycles. The molecule has 0 radical (unpaired) electrons. The maximum atomic E-state index is 13.0. The van der Waals surface area contributed by atoms with E-state index in [1.165, 1.54) is 30.8 Å². The number of hydrogen-bond acceptors (Lipinski definition) is 4. The van der Waals surface area contributed by atoms with Crippen molar-refractivity contribution in [2.75, 3.05) is 26.2 Å². The van der Waals surface area contributed by atoms with E-state index in [0.717, 1.165) is 31.2 Å². The number of aromatic nitrogens is 1. The van der Waals surface area contributed by atoms with Crippen molar-refractivity contribution >= 4 is 11.3 Å². The first kappa shape index (κ1) is 15.2. The van der Waals surface area contributed by atoms with Gasteiger partial charge in [-0.25, -0.2) is 9.37 Å². The van der Waals surface area contributed by atoms with Crippen LogP contribution in [-0.2, 0) is 13.1 Å². The van der Waals surface area contributed by atoms with E-state index in [9.17, 15) is 4.39 Å². The molecular formula is C18H22FN3S. The second kappa shape index (κ2) is 5.96. The molecule has 0 atom stereocenters. The van der Waals surface area contributed by atoms with Crippen LogP contribution >= 0.6 is 11.3 Å². The van der Waals surface area contributed by atoms with E-state index in [-0.39, 0.29) is 5.82 Å². The zero-order valence-electron chi connectivity index (χ0n) is 13.5. The first-order chi connectivity index (χ1) is 11.1. The molecule has 2 saturated heterocycles. The summed E-state index contributed by atoms with van der Waals surface area (Å²) in [4.78, 5) is 9.60.